The van der Waals surface area contributed by atoms with Crippen LogP contribution < -0.4 is 4.90 Å². The van der Waals surface area contributed by atoms with Gasteiger partial charge in [-0.3, -0.25) is 4.90 Å². The summed E-state index contributed by atoms with van der Waals surface area (Å²) in [6.07, 6.45) is -12.9. The van der Waals surface area contributed by atoms with Gasteiger partial charge in [-0.05, 0) is 18.2 Å². The number of carbonyl (C=O) groups excluding carboxylic acids is 1. The number of likely N-dealkylation sites (N-methyl/N-ethyl adjacent to an activating group) is 1. The van der Waals surface area contributed by atoms with Crippen LogP contribution in [0.5, 0.6) is 0 Å². The van der Waals surface area contributed by atoms with Crippen molar-refractivity contribution in [3.8, 4) is 6.07 Å². The fourth-order valence-corrected chi connectivity index (χ4v) is 2.54. The molecule has 1 heterocycles. The van der Waals surface area contributed by atoms with Gasteiger partial charge in [0.2, 0.25) is 0 Å². The highest BCUT2D eigenvalue weighted by Gasteiger charge is 2.51. The van der Waals surface area contributed by atoms with E-state index in [-0.39, 0.29) is 0 Å². The number of aliphatic hydroxyl groups excluding tert-OH is 1. The van der Waals surface area contributed by atoms with Crippen LogP contribution in [0.3, 0.4) is 0 Å². The Labute approximate surface area is 137 Å². The van der Waals surface area contributed by atoms with Crippen molar-refractivity contribution in [3.05, 3.63) is 29.3 Å². The highest BCUT2D eigenvalue weighted by atomic mass is 19.4. The molecule has 25 heavy (non-hydrogen) atoms. The van der Waals surface area contributed by atoms with Crippen molar-refractivity contribution in [2.75, 3.05) is 18.5 Å². The molecule has 2 atom stereocenters. The lowest BCUT2D eigenvalue weighted by atomic mass is 10.0. The molecule has 0 bridgehead atoms. The molecule has 2 rings (SSSR count). The lowest BCUT2D eigenvalue weighted by Gasteiger charge is -2.28. The highest BCUT2D eigenvalue weighted by Crippen LogP contribution is 2.37. The van der Waals surface area contributed by atoms with E-state index in [9.17, 15) is 36.2 Å². The fraction of sp³-hybridized carbons (Fsp3) is 0.429. The highest BCUT2D eigenvalue weighted by molar-refractivity contribution is 5.95. The smallest absolute Gasteiger partial charge is 0.382 e. The number of nitrogens with zero attached hydrogens (tertiary/aromatic N) is 3. The van der Waals surface area contributed by atoms with Gasteiger partial charge in [0.15, 0.2) is 6.10 Å². The summed E-state index contributed by atoms with van der Waals surface area (Å²) in [5.41, 5.74) is -2.60. The minimum atomic E-state index is -5.06. The Hall–Kier alpha value is -2.48. The van der Waals surface area contributed by atoms with Crippen molar-refractivity contribution in [2.24, 2.45) is 0 Å². The van der Waals surface area contributed by atoms with Gasteiger partial charge in [0.05, 0.1) is 23.2 Å². The molecule has 1 aromatic rings. The second-order valence-electron chi connectivity index (χ2n) is 5.43. The number of aliphatic hydroxyl groups is 1. The maximum atomic E-state index is 13.0. The molecule has 1 fully saturated rings. The molecule has 1 aliphatic rings. The maximum absolute atomic E-state index is 13.0. The Morgan fingerprint density at radius 1 is 1.28 bits per heavy atom. The Balaban J connectivity index is 2.54. The monoisotopic (exact) mass is 367 g/mol. The average Bonchev–Trinajstić information content (AvgIpc) is 2.79. The lowest BCUT2D eigenvalue weighted by molar-refractivity contribution is -0.208. The summed E-state index contributed by atoms with van der Waals surface area (Å²) in [6, 6.07) is 0.646. The van der Waals surface area contributed by atoms with Gasteiger partial charge in [-0.2, -0.15) is 31.6 Å². The topological polar surface area (TPSA) is 67.6 Å². The summed E-state index contributed by atoms with van der Waals surface area (Å²) in [5, 5.41) is 18.2. The van der Waals surface area contributed by atoms with Crippen molar-refractivity contribution in [2.45, 2.75) is 24.5 Å². The van der Waals surface area contributed by atoms with E-state index in [0.29, 0.717) is 11.0 Å². The van der Waals surface area contributed by atoms with Crippen LogP contribution in [0.1, 0.15) is 11.1 Å². The van der Waals surface area contributed by atoms with Crippen LogP contribution in [0.4, 0.5) is 36.8 Å². The maximum Gasteiger partial charge on any atom is 0.417 e. The molecular weight excluding hydrogens is 356 g/mol. The summed E-state index contributed by atoms with van der Waals surface area (Å²) in [7, 11) is 1.16. The second kappa shape index (κ2) is 6.11. The predicted molar refractivity (Wildman–Crippen MR) is 72.5 cm³/mol. The zero-order valence-electron chi connectivity index (χ0n) is 12.6. The van der Waals surface area contributed by atoms with Crippen molar-refractivity contribution in [1.29, 1.82) is 5.26 Å². The number of halogens is 6. The number of hydrogen-bond donors (Lipinski definition) is 1. The van der Waals surface area contributed by atoms with Crippen molar-refractivity contribution in [3.63, 3.8) is 0 Å². The minimum Gasteiger partial charge on any atom is -0.382 e. The first-order valence-electron chi connectivity index (χ1n) is 6.78. The Bertz CT molecular complexity index is 725. The fourth-order valence-electron chi connectivity index (χ4n) is 2.54. The number of amides is 2. The largest absolute Gasteiger partial charge is 0.417 e. The number of carbonyl (C=O) groups is 1. The molecule has 0 aromatic heterocycles. The number of hydrogen-bond acceptors (Lipinski definition) is 3. The van der Waals surface area contributed by atoms with Crippen LogP contribution in [0, 0.1) is 11.3 Å². The van der Waals surface area contributed by atoms with Gasteiger partial charge in [-0.15, -0.1) is 0 Å². The number of urea groups is 1. The first-order chi connectivity index (χ1) is 11.4. The number of nitriles is 1. The lowest BCUT2D eigenvalue weighted by Crippen LogP contribution is -2.49. The molecular formula is C14H11F6N3O2. The van der Waals surface area contributed by atoms with E-state index >= 15 is 0 Å². The van der Waals surface area contributed by atoms with Gasteiger partial charge in [-0.1, -0.05) is 0 Å². The van der Waals surface area contributed by atoms with Gasteiger partial charge >= 0.3 is 18.4 Å². The Morgan fingerprint density at radius 3 is 2.36 bits per heavy atom. The third-order valence-electron chi connectivity index (χ3n) is 3.73. The van der Waals surface area contributed by atoms with Crippen molar-refractivity contribution < 1.29 is 36.2 Å². The number of anilines is 1. The van der Waals surface area contributed by atoms with Gasteiger partial charge in [0.1, 0.15) is 0 Å². The third-order valence-corrected chi connectivity index (χ3v) is 3.73. The SMILES string of the molecule is CN1C[C@@H]([C@@H](O)C(F)(F)F)N(c2ccc(C#N)c(C(F)(F)F)c2)C1=O. The van der Waals surface area contributed by atoms with Crippen LogP contribution in [-0.4, -0.2) is 48.0 Å². The van der Waals surface area contributed by atoms with Crippen molar-refractivity contribution >= 4 is 11.7 Å². The summed E-state index contributed by atoms with van der Waals surface area (Å²) >= 11 is 0. The Kier molecular flexibility index (Phi) is 4.61. The molecule has 1 aliphatic heterocycles. The average molecular weight is 367 g/mol. The predicted octanol–water partition coefficient (Wildman–Crippen LogP) is 2.74. The summed E-state index contributed by atoms with van der Waals surface area (Å²) in [5.74, 6) is 0. The number of benzene rings is 1. The van der Waals surface area contributed by atoms with E-state index in [2.05, 4.69) is 0 Å². The number of rotatable bonds is 2. The third kappa shape index (κ3) is 3.48. The van der Waals surface area contributed by atoms with Crippen molar-refractivity contribution in [1.82, 2.24) is 4.90 Å². The minimum absolute atomic E-state index is 0.422. The second-order valence-corrected chi connectivity index (χ2v) is 5.43. The summed E-state index contributed by atoms with van der Waals surface area (Å²) < 4.78 is 77.5. The van der Waals surface area contributed by atoms with E-state index in [1.54, 1.807) is 0 Å². The molecule has 0 aliphatic carbocycles. The van der Waals surface area contributed by atoms with Gasteiger partial charge in [-0.25, -0.2) is 4.79 Å². The molecule has 1 N–H and O–H groups in total. The van der Waals surface area contributed by atoms with E-state index in [1.807, 2.05) is 0 Å². The molecule has 0 unspecified atom stereocenters. The first-order valence-corrected chi connectivity index (χ1v) is 6.78. The van der Waals surface area contributed by atoms with Crippen LogP contribution in [0.25, 0.3) is 0 Å². The van der Waals surface area contributed by atoms with E-state index in [4.69, 9.17) is 5.26 Å². The molecule has 1 aromatic carbocycles. The van der Waals surface area contributed by atoms with E-state index in [0.717, 1.165) is 24.1 Å². The van der Waals surface area contributed by atoms with E-state index < -0.39 is 53.9 Å². The van der Waals surface area contributed by atoms with Gasteiger partial charge in [0, 0.05) is 19.3 Å². The number of alkyl halides is 6. The molecule has 136 valence electrons. The molecule has 1 saturated heterocycles. The molecule has 5 nitrogen and oxygen atoms in total. The molecule has 0 spiro atoms. The molecule has 2 amide bonds. The normalized spacial score (nSPS) is 20.0. The van der Waals surface area contributed by atoms with Crippen LogP contribution in [0.2, 0.25) is 0 Å². The molecule has 0 saturated carbocycles. The van der Waals surface area contributed by atoms with Gasteiger partial charge in [0.25, 0.3) is 0 Å². The van der Waals surface area contributed by atoms with E-state index in [1.165, 1.54) is 6.07 Å². The first kappa shape index (κ1) is 18.9. The zero-order valence-corrected chi connectivity index (χ0v) is 12.6. The quantitative estimate of drug-likeness (QED) is 0.818. The van der Waals surface area contributed by atoms with Crippen LogP contribution >= 0.6 is 0 Å². The molecule has 0 radical (unpaired) electrons. The standard InChI is InChI=1S/C14H11F6N3O2/c1-22-6-10(11(24)14(18,19)20)23(12(22)25)8-3-2-7(5-21)9(4-8)13(15,16)17/h2-4,10-11,24H,6H2,1H3/t10-,11+/m0/s1. The summed E-state index contributed by atoms with van der Waals surface area (Å²) in [4.78, 5) is 13.4. The zero-order chi connectivity index (χ0) is 19.2. The Morgan fingerprint density at radius 2 is 1.88 bits per heavy atom. The van der Waals surface area contributed by atoms with Gasteiger partial charge < -0.3 is 10.0 Å². The van der Waals surface area contributed by atoms with Crippen LogP contribution in [-0.2, 0) is 6.18 Å². The molecule has 11 heteroatoms. The van der Waals surface area contributed by atoms with Crippen LogP contribution in [0.15, 0.2) is 18.2 Å². The summed E-state index contributed by atoms with van der Waals surface area (Å²) in [6.45, 7) is -0.527.